The van der Waals surface area contributed by atoms with E-state index in [1.54, 1.807) is 10.6 Å². The highest BCUT2D eigenvalue weighted by Gasteiger charge is 2.31. The van der Waals surface area contributed by atoms with Crippen LogP contribution in [0.2, 0.25) is 0 Å². The van der Waals surface area contributed by atoms with Crippen LogP contribution in [0.25, 0.3) is 16.9 Å². The van der Waals surface area contributed by atoms with Crippen LogP contribution < -0.4 is 5.32 Å². The number of nitrogens with zero attached hydrogens (tertiary/aromatic N) is 5. The molecule has 148 valence electrons. The van der Waals surface area contributed by atoms with E-state index in [-0.39, 0.29) is 17.3 Å². The monoisotopic (exact) mass is 392 g/mol. The number of benzene rings is 1. The highest BCUT2D eigenvalue weighted by molar-refractivity contribution is 5.78. The highest BCUT2D eigenvalue weighted by atomic mass is 19.4. The van der Waals surface area contributed by atoms with Gasteiger partial charge in [-0.2, -0.15) is 13.2 Å². The van der Waals surface area contributed by atoms with Gasteiger partial charge in [0.1, 0.15) is 11.4 Å². The van der Waals surface area contributed by atoms with Gasteiger partial charge in [-0.25, -0.2) is 0 Å². The fourth-order valence-corrected chi connectivity index (χ4v) is 3.49. The van der Waals surface area contributed by atoms with Crippen molar-refractivity contribution < 1.29 is 18.3 Å². The Kier molecular flexibility index (Phi) is 4.58. The van der Waals surface area contributed by atoms with E-state index in [1.165, 1.54) is 12.3 Å². The van der Waals surface area contributed by atoms with E-state index in [9.17, 15) is 18.3 Å². The van der Waals surface area contributed by atoms with Crippen molar-refractivity contribution in [2.75, 3.05) is 25.5 Å². The van der Waals surface area contributed by atoms with Crippen LogP contribution in [0, 0.1) is 0 Å². The lowest BCUT2D eigenvalue weighted by Crippen LogP contribution is -2.40. The van der Waals surface area contributed by atoms with E-state index in [1.807, 2.05) is 0 Å². The molecule has 0 bridgehead atoms. The molecule has 1 aliphatic heterocycles. The maximum atomic E-state index is 12.8. The number of likely N-dealkylation sites (tertiary alicyclic amines) is 1. The lowest BCUT2D eigenvalue weighted by Gasteiger charge is -2.30. The molecule has 0 amide bonds. The molecule has 3 aromatic rings. The zero-order valence-electron chi connectivity index (χ0n) is 15.1. The predicted octanol–water partition coefficient (Wildman–Crippen LogP) is 3.02. The van der Waals surface area contributed by atoms with Gasteiger partial charge in [0.15, 0.2) is 5.65 Å². The number of hydrogen-bond acceptors (Lipinski definition) is 6. The van der Waals surface area contributed by atoms with Crippen LogP contribution in [-0.4, -0.2) is 55.8 Å². The summed E-state index contributed by atoms with van der Waals surface area (Å²) in [5, 5.41) is 21.8. The summed E-state index contributed by atoms with van der Waals surface area (Å²) in [5.74, 6) is 0.0205. The molecule has 1 atom stereocenters. The Morgan fingerprint density at radius 2 is 2.07 bits per heavy atom. The van der Waals surface area contributed by atoms with Crippen LogP contribution in [0.5, 0.6) is 5.75 Å². The van der Waals surface area contributed by atoms with Gasteiger partial charge in [-0.3, -0.25) is 9.38 Å². The van der Waals surface area contributed by atoms with E-state index in [4.69, 9.17) is 0 Å². The number of rotatable bonds is 3. The topological polar surface area (TPSA) is 78.6 Å². The number of nitrogens with one attached hydrogen (secondary N) is 1. The van der Waals surface area contributed by atoms with Crippen LogP contribution in [0.15, 0.2) is 30.6 Å². The predicted molar refractivity (Wildman–Crippen MR) is 97.0 cm³/mol. The van der Waals surface area contributed by atoms with Gasteiger partial charge >= 0.3 is 6.18 Å². The second-order valence-electron chi connectivity index (χ2n) is 6.97. The van der Waals surface area contributed by atoms with E-state index in [2.05, 4.69) is 32.4 Å². The molecular formula is C18H19F3N6O. The van der Waals surface area contributed by atoms with Crippen molar-refractivity contribution in [2.24, 2.45) is 0 Å². The van der Waals surface area contributed by atoms with E-state index < -0.39 is 17.5 Å². The van der Waals surface area contributed by atoms with Crippen molar-refractivity contribution in [3.05, 3.63) is 36.2 Å². The number of halogens is 3. The minimum Gasteiger partial charge on any atom is -0.507 e. The number of hydrogen-bond donors (Lipinski definition) is 2. The summed E-state index contributed by atoms with van der Waals surface area (Å²) in [6.45, 7) is 1.94. The normalized spacial score (nSPS) is 18.5. The Morgan fingerprint density at radius 3 is 2.79 bits per heavy atom. The summed E-state index contributed by atoms with van der Waals surface area (Å²) in [7, 11) is 2.06. The number of likely N-dealkylation sites (N-methyl/N-ethyl adjacent to an activating group) is 1. The number of alkyl halides is 3. The highest BCUT2D eigenvalue weighted by Crippen LogP contribution is 2.37. The van der Waals surface area contributed by atoms with Gasteiger partial charge in [0.25, 0.3) is 0 Å². The minimum atomic E-state index is -4.53. The fraction of sp³-hybridized carbons (Fsp3) is 0.389. The first-order valence-electron chi connectivity index (χ1n) is 8.88. The first kappa shape index (κ1) is 18.5. The number of phenols is 1. The van der Waals surface area contributed by atoms with Crippen LogP contribution in [0.4, 0.5) is 19.1 Å². The molecule has 1 fully saturated rings. The van der Waals surface area contributed by atoms with Gasteiger partial charge in [0.05, 0.1) is 5.56 Å². The molecule has 0 aliphatic carbocycles. The standard InChI is InChI=1S/C18H19F3N6O/c1-26-7-2-3-12(10-26)23-17-25-24-16-15(22-6-8-27(16)17)13-5-4-11(9-14(13)28)18(19,20)21/h4-6,8-9,12,28H,2-3,7,10H2,1H3,(H,23,25)/t12-/m1/s1. The van der Waals surface area contributed by atoms with Crippen molar-refractivity contribution in [1.29, 1.82) is 0 Å². The average Bonchev–Trinajstić information content (AvgIpc) is 3.04. The third-order valence-corrected chi connectivity index (χ3v) is 4.86. The molecular weight excluding hydrogens is 373 g/mol. The van der Waals surface area contributed by atoms with Gasteiger partial charge < -0.3 is 15.3 Å². The molecule has 1 aromatic carbocycles. The van der Waals surface area contributed by atoms with Crippen molar-refractivity contribution in [3.63, 3.8) is 0 Å². The quantitative estimate of drug-likeness (QED) is 0.714. The molecule has 2 N–H and O–H groups in total. The van der Waals surface area contributed by atoms with Crippen molar-refractivity contribution in [2.45, 2.75) is 25.1 Å². The fourth-order valence-electron chi connectivity index (χ4n) is 3.49. The number of fused-ring (bicyclic) bond motifs is 1. The zero-order valence-corrected chi connectivity index (χ0v) is 15.1. The maximum absolute atomic E-state index is 12.8. The first-order valence-corrected chi connectivity index (χ1v) is 8.88. The van der Waals surface area contributed by atoms with Gasteiger partial charge in [0.2, 0.25) is 5.95 Å². The van der Waals surface area contributed by atoms with E-state index >= 15 is 0 Å². The first-order chi connectivity index (χ1) is 13.3. The molecule has 1 saturated heterocycles. The summed E-state index contributed by atoms with van der Waals surface area (Å²) >= 11 is 0. The molecule has 4 rings (SSSR count). The maximum Gasteiger partial charge on any atom is 0.416 e. The second-order valence-corrected chi connectivity index (χ2v) is 6.97. The number of anilines is 1. The Hall–Kier alpha value is -2.88. The second kappa shape index (κ2) is 6.93. The van der Waals surface area contributed by atoms with Gasteiger partial charge in [-0.15, -0.1) is 10.2 Å². The van der Waals surface area contributed by atoms with Gasteiger partial charge in [-0.05, 0) is 44.6 Å². The lowest BCUT2D eigenvalue weighted by molar-refractivity contribution is -0.137. The van der Waals surface area contributed by atoms with E-state index in [0.29, 0.717) is 17.7 Å². The molecule has 3 heterocycles. The molecule has 10 heteroatoms. The number of aromatic hydroxyl groups is 1. The molecule has 0 spiro atoms. The molecule has 7 nitrogen and oxygen atoms in total. The van der Waals surface area contributed by atoms with Crippen LogP contribution >= 0.6 is 0 Å². The van der Waals surface area contributed by atoms with E-state index in [0.717, 1.165) is 32.0 Å². The number of piperidine rings is 1. The smallest absolute Gasteiger partial charge is 0.416 e. The summed E-state index contributed by atoms with van der Waals surface area (Å²) < 4.78 is 40.2. The zero-order chi connectivity index (χ0) is 19.9. The Bertz CT molecular complexity index is 1000. The van der Waals surface area contributed by atoms with Crippen molar-refractivity contribution >= 4 is 11.6 Å². The molecule has 0 saturated carbocycles. The van der Waals surface area contributed by atoms with Crippen LogP contribution in [-0.2, 0) is 6.18 Å². The third kappa shape index (κ3) is 3.47. The van der Waals surface area contributed by atoms with Crippen molar-refractivity contribution in [3.8, 4) is 17.0 Å². The number of phenolic OH excluding ortho intramolecular Hbond substituents is 1. The third-order valence-electron chi connectivity index (χ3n) is 4.86. The summed E-state index contributed by atoms with van der Waals surface area (Å²) in [4.78, 5) is 6.44. The number of aromatic nitrogens is 4. The Morgan fingerprint density at radius 1 is 1.25 bits per heavy atom. The van der Waals surface area contributed by atoms with Crippen LogP contribution in [0.1, 0.15) is 18.4 Å². The summed E-state index contributed by atoms with van der Waals surface area (Å²) in [6, 6.07) is 3.02. The molecule has 2 aromatic heterocycles. The minimum absolute atomic E-state index is 0.162. The lowest BCUT2D eigenvalue weighted by atomic mass is 10.1. The summed E-state index contributed by atoms with van der Waals surface area (Å²) in [6.07, 6.45) is 0.735. The molecule has 0 unspecified atom stereocenters. The van der Waals surface area contributed by atoms with Gasteiger partial charge in [0, 0.05) is 30.5 Å². The summed E-state index contributed by atoms with van der Waals surface area (Å²) in [5.41, 5.74) is -0.153. The Balaban J connectivity index is 1.69. The molecule has 28 heavy (non-hydrogen) atoms. The molecule has 0 radical (unpaired) electrons. The molecule has 1 aliphatic rings. The van der Waals surface area contributed by atoms with Gasteiger partial charge in [-0.1, -0.05) is 0 Å². The SMILES string of the molecule is CN1CCC[C@@H](Nc2nnc3c(-c4ccc(C(F)(F)F)cc4O)nccn23)C1. The Labute approximate surface area is 158 Å². The van der Waals surface area contributed by atoms with Crippen LogP contribution in [0.3, 0.4) is 0 Å². The van der Waals surface area contributed by atoms with Crippen molar-refractivity contribution in [1.82, 2.24) is 24.5 Å². The average molecular weight is 392 g/mol. The largest absolute Gasteiger partial charge is 0.507 e.